The number of pyridine rings is 1. The minimum Gasteiger partial charge on any atom is -0.347 e. The van der Waals surface area contributed by atoms with Gasteiger partial charge in [-0.3, -0.25) is 0 Å². The van der Waals surface area contributed by atoms with Crippen LogP contribution in [-0.2, 0) is 19.5 Å². The van der Waals surface area contributed by atoms with Crippen LogP contribution < -0.4 is 0 Å². The molecule has 9 heteroatoms. The van der Waals surface area contributed by atoms with Crippen molar-refractivity contribution in [3.8, 4) is 11.3 Å². The topological polar surface area (TPSA) is 83.3 Å². The highest BCUT2D eigenvalue weighted by molar-refractivity contribution is 7.90. The Morgan fingerprint density at radius 3 is 2.62 bits per heavy atom. The molecule has 1 spiro atoms. The molecule has 0 N–H and O–H groups in total. The van der Waals surface area contributed by atoms with Crippen LogP contribution in [0.4, 0.5) is 0 Å². The highest BCUT2D eigenvalue weighted by atomic mass is 32.2. The van der Waals surface area contributed by atoms with Gasteiger partial charge in [0.05, 0.1) is 28.8 Å². The lowest BCUT2D eigenvalue weighted by Gasteiger charge is -2.30. The highest BCUT2D eigenvalue weighted by Gasteiger charge is 2.37. The summed E-state index contributed by atoms with van der Waals surface area (Å²) in [5, 5.41) is 3.63. The summed E-state index contributed by atoms with van der Waals surface area (Å²) in [6.07, 6.45) is 7.85. The SMILES string of the molecule is Cc1nc(-c2cn(S(=O)(=O)c3ccccc3)c3ncc(C4=CCC5(CC4)OCCO5)cc23)cs1. The Kier molecular flexibility index (Phi) is 5.18. The second-order valence-corrected chi connectivity index (χ2v) is 11.4. The molecule has 174 valence electrons. The van der Waals surface area contributed by atoms with Crippen LogP contribution in [0.3, 0.4) is 0 Å². The quantitative estimate of drug-likeness (QED) is 0.397. The first-order valence-corrected chi connectivity index (χ1v) is 13.5. The minimum atomic E-state index is -3.82. The first kappa shape index (κ1) is 21.7. The lowest BCUT2D eigenvalue weighted by molar-refractivity contribution is -0.159. The van der Waals surface area contributed by atoms with E-state index in [0.29, 0.717) is 25.3 Å². The summed E-state index contributed by atoms with van der Waals surface area (Å²) in [6.45, 7) is 3.21. The van der Waals surface area contributed by atoms with Gasteiger partial charge in [-0.05, 0) is 42.7 Å². The van der Waals surface area contributed by atoms with Gasteiger partial charge in [-0.15, -0.1) is 11.3 Å². The van der Waals surface area contributed by atoms with Gasteiger partial charge < -0.3 is 9.47 Å². The number of hydrogen-bond donors (Lipinski definition) is 0. The van der Waals surface area contributed by atoms with E-state index in [9.17, 15) is 8.42 Å². The van der Waals surface area contributed by atoms with Crippen LogP contribution in [0.25, 0.3) is 27.9 Å². The van der Waals surface area contributed by atoms with Crippen molar-refractivity contribution in [3.63, 3.8) is 0 Å². The zero-order valence-corrected chi connectivity index (χ0v) is 20.2. The zero-order valence-electron chi connectivity index (χ0n) is 18.6. The Balaban J connectivity index is 1.49. The van der Waals surface area contributed by atoms with E-state index >= 15 is 0 Å². The van der Waals surface area contributed by atoms with Crippen LogP contribution in [0.15, 0.2) is 65.1 Å². The minimum absolute atomic E-state index is 0.218. The smallest absolute Gasteiger partial charge is 0.269 e. The van der Waals surface area contributed by atoms with Crippen LogP contribution in [0.2, 0.25) is 0 Å². The molecule has 2 aliphatic rings. The number of thiazole rings is 1. The maximum atomic E-state index is 13.5. The van der Waals surface area contributed by atoms with Gasteiger partial charge in [-0.25, -0.2) is 22.4 Å². The molecule has 1 aromatic carbocycles. The molecule has 0 saturated carbocycles. The molecular formula is C25H23N3O4S2. The van der Waals surface area contributed by atoms with Crippen molar-refractivity contribution in [1.82, 2.24) is 13.9 Å². The zero-order chi connectivity index (χ0) is 23.3. The fraction of sp³-hybridized carbons (Fsp3) is 0.280. The number of fused-ring (bicyclic) bond motifs is 1. The molecule has 0 bridgehead atoms. The summed E-state index contributed by atoms with van der Waals surface area (Å²) in [5.74, 6) is -0.489. The molecule has 6 rings (SSSR count). The van der Waals surface area contributed by atoms with E-state index in [1.54, 1.807) is 42.7 Å². The second-order valence-electron chi connectivity index (χ2n) is 8.54. The Morgan fingerprint density at radius 2 is 1.94 bits per heavy atom. The van der Waals surface area contributed by atoms with Gasteiger partial charge in [-0.2, -0.15) is 0 Å². The van der Waals surface area contributed by atoms with Crippen LogP contribution in [0.1, 0.15) is 29.8 Å². The van der Waals surface area contributed by atoms with E-state index in [4.69, 9.17) is 9.47 Å². The third-order valence-corrected chi connectivity index (χ3v) is 8.86. The van der Waals surface area contributed by atoms with Crippen LogP contribution in [-0.4, -0.2) is 41.4 Å². The molecule has 0 unspecified atom stereocenters. The average Bonchev–Trinajstić information content (AvgIpc) is 3.59. The maximum Gasteiger partial charge on any atom is 0.269 e. The maximum absolute atomic E-state index is 13.5. The van der Waals surface area contributed by atoms with Crippen molar-refractivity contribution in [2.75, 3.05) is 13.2 Å². The normalized spacial score (nSPS) is 18.0. The van der Waals surface area contributed by atoms with E-state index in [-0.39, 0.29) is 4.90 Å². The highest BCUT2D eigenvalue weighted by Crippen LogP contribution is 2.40. The standard InChI is InChI=1S/C25H23N3O4S2/c1-17-27-23(16-33-17)22-15-28(34(29,30)20-5-3-2-4-6-20)24-21(22)13-19(14-26-24)18-7-9-25(10-8-18)31-11-12-32-25/h2-7,13-16H,8-12H2,1H3. The molecule has 1 saturated heterocycles. The number of hydrogen-bond acceptors (Lipinski definition) is 7. The Morgan fingerprint density at radius 1 is 1.15 bits per heavy atom. The fourth-order valence-electron chi connectivity index (χ4n) is 4.66. The first-order valence-electron chi connectivity index (χ1n) is 11.2. The molecule has 7 nitrogen and oxygen atoms in total. The Bertz CT molecular complexity index is 1510. The van der Waals surface area contributed by atoms with Crippen molar-refractivity contribution >= 4 is 38.0 Å². The van der Waals surface area contributed by atoms with Gasteiger partial charge in [0.25, 0.3) is 10.0 Å². The van der Waals surface area contributed by atoms with E-state index in [0.717, 1.165) is 45.6 Å². The molecular weight excluding hydrogens is 470 g/mol. The van der Waals surface area contributed by atoms with Gasteiger partial charge >= 0.3 is 0 Å². The largest absolute Gasteiger partial charge is 0.347 e. The monoisotopic (exact) mass is 493 g/mol. The Labute approximate surface area is 201 Å². The van der Waals surface area contributed by atoms with Crippen LogP contribution in [0.5, 0.6) is 0 Å². The van der Waals surface area contributed by atoms with Crippen molar-refractivity contribution in [1.29, 1.82) is 0 Å². The number of aryl methyl sites for hydroxylation is 1. The van der Waals surface area contributed by atoms with E-state index in [1.807, 2.05) is 18.4 Å². The predicted molar refractivity (Wildman–Crippen MR) is 131 cm³/mol. The fourth-order valence-corrected chi connectivity index (χ4v) is 6.62. The number of nitrogens with zero attached hydrogens (tertiary/aromatic N) is 3. The van der Waals surface area contributed by atoms with Crippen LogP contribution >= 0.6 is 11.3 Å². The van der Waals surface area contributed by atoms with Gasteiger partial charge in [0.2, 0.25) is 0 Å². The number of rotatable bonds is 4. The van der Waals surface area contributed by atoms with Gasteiger partial charge in [0, 0.05) is 41.6 Å². The average molecular weight is 494 g/mol. The van der Waals surface area contributed by atoms with Crippen LogP contribution in [0, 0.1) is 6.92 Å². The second kappa shape index (κ2) is 8.13. The predicted octanol–water partition coefficient (Wildman–Crippen LogP) is 5.02. The molecule has 3 aromatic heterocycles. The summed E-state index contributed by atoms with van der Waals surface area (Å²) >= 11 is 1.53. The van der Waals surface area contributed by atoms with Crippen molar-refractivity contribution in [2.45, 2.75) is 36.9 Å². The molecule has 4 heterocycles. The third-order valence-electron chi connectivity index (χ3n) is 6.43. The van der Waals surface area contributed by atoms with E-state index in [2.05, 4.69) is 16.0 Å². The van der Waals surface area contributed by atoms with Crippen molar-refractivity contribution in [2.24, 2.45) is 0 Å². The van der Waals surface area contributed by atoms with Gasteiger partial charge in [0.15, 0.2) is 11.4 Å². The van der Waals surface area contributed by atoms with Gasteiger partial charge in [0.1, 0.15) is 0 Å². The summed E-state index contributed by atoms with van der Waals surface area (Å²) in [4.78, 5) is 9.49. The number of aromatic nitrogens is 3. The lowest BCUT2D eigenvalue weighted by atomic mass is 9.90. The lowest BCUT2D eigenvalue weighted by Crippen LogP contribution is -2.31. The number of allylic oxidation sites excluding steroid dienone is 1. The molecule has 0 atom stereocenters. The van der Waals surface area contributed by atoms with Crippen molar-refractivity contribution < 1.29 is 17.9 Å². The third kappa shape index (κ3) is 3.60. The molecule has 0 radical (unpaired) electrons. The van der Waals surface area contributed by atoms with Crippen molar-refractivity contribution in [3.05, 3.63) is 70.8 Å². The molecule has 1 aliphatic heterocycles. The summed E-state index contributed by atoms with van der Waals surface area (Å²) in [6, 6.07) is 10.5. The molecule has 0 amide bonds. The van der Waals surface area contributed by atoms with Gasteiger partial charge in [-0.1, -0.05) is 24.3 Å². The molecule has 1 aliphatic carbocycles. The summed E-state index contributed by atoms with van der Waals surface area (Å²) < 4.78 is 39.9. The number of benzene rings is 1. The summed E-state index contributed by atoms with van der Waals surface area (Å²) in [5.41, 5.74) is 4.03. The summed E-state index contributed by atoms with van der Waals surface area (Å²) in [7, 11) is -3.82. The molecule has 4 aromatic rings. The van der Waals surface area contributed by atoms with E-state index in [1.165, 1.54) is 15.3 Å². The molecule has 34 heavy (non-hydrogen) atoms. The number of ether oxygens (including phenoxy) is 2. The molecule has 1 fully saturated rings. The van der Waals surface area contributed by atoms with E-state index < -0.39 is 15.8 Å². The first-order chi connectivity index (χ1) is 16.5. The Hall–Kier alpha value is -2.85.